The maximum atomic E-state index is 11.8. The third-order valence-corrected chi connectivity index (χ3v) is 1.58. The fraction of sp³-hybridized carbons (Fsp3) is 0.333. The van der Waals surface area contributed by atoms with Crippen molar-refractivity contribution in [1.29, 1.82) is 0 Å². The summed E-state index contributed by atoms with van der Waals surface area (Å²) < 4.78 is 40.0. The number of alkyl halides is 3. The zero-order chi connectivity index (χ0) is 12.2. The quantitative estimate of drug-likeness (QED) is 0.868. The summed E-state index contributed by atoms with van der Waals surface area (Å²) in [6, 6.07) is 3.86. The lowest BCUT2D eigenvalue weighted by Gasteiger charge is -2.07. The van der Waals surface area contributed by atoms with Gasteiger partial charge in [0.25, 0.3) is 0 Å². The van der Waals surface area contributed by atoms with Crippen LogP contribution in [0.25, 0.3) is 0 Å². The smallest absolute Gasteiger partial charge is 0.392 e. The Balaban J connectivity index is 2.55. The van der Waals surface area contributed by atoms with Gasteiger partial charge in [-0.3, -0.25) is 0 Å². The Morgan fingerprint density at radius 3 is 2.69 bits per heavy atom. The molecule has 0 bridgehead atoms. The van der Waals surface area contributed by atoms with E-state index in [0.29, 0.717) is 0 Å². The molecule has 0 aliphatic carbocycles. The Labute approximate surface area is 88.7 Å². The Morgan fingerprint density at radius 2 is 2.12 bits per heavy atom. The van der Waals surface area contributed by atoms with E-state index >= 15 is 0 Å². The summed E-state index contributed by atoms with van der Waals surface area (Å²) in [6.07, 6.45) is -5.41. The fourth-order valence-electron chi connectivity index (χ4n) is 0.886. The van der Waals surface area contributed by atoms with Crippen molar-refractivity contribution in [2.45, 2.75) is 12.6 Å². The third-order valence-electron chi connectivity index (χ3n) is 1.58. The second kappa shape index (κ2) is 4.82. The molecule has 1 aromatic heterocycles. The zero-order valence-electron chi connectivity index (χ0n) is 7.99. The Morgan fingerprint density at radius 1 is 1.44 bits per heavy atom. The van der Waals surface area contributed by atoms with E-state index in [4.69, 9.17) is 5.11 Å². The molecule has 0 saturated heterocycles. The number of aromatic carboxylic acids is 1. The van der Waals surface area contributed by atoms with Crippen molar-refractivity contribution in [2.75, 3.05) is 6.61 Å². The molecule has 16 heavy (non-hydrogen) atoms. The van der Waals surface area contributed by atoms with Crippen LogP contribution in [-0.4, -0.2) is 28.8 Å². The highest BCUT2D eigenvalue weighted by atomic mass is 19.4. The van der Waals surface area contributed by atoms with E-state index in [0.717, 1.165) is 0 Å². The van der Waals surface area contributed by atoms with Crippen LogP contribution in [0.5, 0.6) is 5.88 Å². The molecular weight excluding hydrogens is 227 g/mol. The van der Waals surface area contributed by atoms with Gasteiger partial charge in [-0.25, -0.2) is 9.78 Å². The molecule has 0 amide bonds. The minimum absolute atomic E-state index is 0.135. The second-order valence-corrected chi connectivity index (χ2v) is 2.88. The first kappa shape index (κ1) is 12.3. The van der Waals surface area contributed by atoms with Crippen molar-refractivity contribution >= 4 is 5.97 Å². The Kier molecular flexibility index (Phi) is 3.70. The van der Waals surface area contributed by atoms with E-state index in [2.05, 4.69) is 9.72 Å². The molecule has 1 heterocycles. The zero-order valence-corrected chi connectivity index (χ0v) is 7.99. The monoisotopic (exact) mass is 235 g/mol. The van der Waals surface area contributed by atoms with Crippen molar-refractivity contribution in [1.82, 2.24) is 4.98 Å². The van der Waals surface area contributed by atoms with E-state index in [9.17, 15) is 18.0 Å². The molecule has 4 nitrogen and oxygen atoms in total. The number of hydrogen-bond acceptors (Lipinski definition) is 3. The summed E-state index contributed by atoms with van der Waals surface area (Å²) in [6.45, 7) is -0.584. The van der Waals surface area contributed by atoms with Crippen molar-refractivity contribution in [3.05, 3.63) is 23.9 Å². The topological polar surface area (TPSA) is 59.4 Å². The van der Waals surface area contributed by atoms with Gasteiger partial charge in [-0.05, 0) is 6.07 Å². The van der Waals surface area contributed by atoms with Gasteiger partial charge in [-0.1, -0.05) is 6.07 Å². The van der Waals surface area contributed by atoms with Crippen LogP contribution >= 0.6 is 0 Å². The predicted molar refractivity (Wildman–Crippen MR) is 47.4 cm³/mol. The summed E-state index contributed by atoms with van der Waals surface area (Å²) in [5, 5.41) is 8.57. The number of aromatic nitrogens is 1. The Hall–Kier alpha value is -1.79. The molecule has 0 aromatic carbocycles. The van der Waals surface area contributed by atoms with Gasteiger partial charge in [0.15, 0.2) is 5.69 Å². The molecule has 0 aliphatic heterocycles. The highest BCUT2D eigenvalue weighted by Gasteiger charge is 2.26. The summed E-state index contributed by atoms with van der Waals surface area (Å²) in [5.74, 6) is -1.40. The molecule has 0 aliphatic rings. The first-order valence-corrected chi connectivity index (χ1v) is 4.28. The number of halogens is 3. The minimum atomic E-state index is -4.30. The number of hydrogen-bond donors (Lipinski definition) is 1. The Bertz CT molecular complexity index is 379. The number of nitrogens with zero attached hydrogens (tertiary/aromatic N) is 1. The lowest BCUT2D eigenvalue weighted by atomic mass is 10.3. The van der Waals surface area contributed by atoms with Crippen LogP contribution in [-0.2, 0) is 0 Å². The minimum Gasteiger partial charge on any atom is -0.477 e. The number of carbonyl (C=O) groups is 1. The lowest BCUT2D eigenvalue weighted by molar-refractivity contribution is -0.139. The maximum Gasteiger partial charge on any atom is 0.392 e. The first-order valence-electron chi connectivity index (χ1n) is 4.28. The first-order chi connectivity index (χ1) is 7.38. The standard InChI is InChI=1S/C9H8F3NO3/c10-9(11,12)4-5-16-7-3-1-2-6(13-7)8(14)15/h1-3H,4-5H2,(H,14,15). The van der Waals surface area contributed by atoms with Crippen LogP contribution < -0.4 is 4.74 Å². The molecule has 0 radical (unpaired) electrons. The van der Waals surface area contributed by atoms with Crippen LogP contribution in [0.15, 0.2) is 18.2 Å². The predicted octanol–water partition coefficient (Wildman–Crippen LogP) is 2.11. The molecule has 1 aromatic rings. The van der Waals surface area contributed by atoms with Crippen LogP contribution in [0.4, 0.5) is 13.2 Å². The van der Waals surface area contributed by atoms with Gasteiger partial charge in [0, 0.05) is 6.07 Å². The number of carboxylic acids is 1. The maximum absolute atomic E-state index is 11.8. The van der Waals surface area contributed by atoms with Gasteiger partial charge < -0.3 is 9.84 Å². The molecule has 1 N–H and O–H groups in total. The average Bonchev–Trinajstić information content (AvgIpc) is 2.16. The van der Waals surface area contributed by atoms with E-state index < -0.39 is 25.2 Å². The SMILES string of the molecule is O=C(O)c1cccc(OCCC(F)(F)F)n1. The van der Waals surface area contributed by atoms with Gasteiger partial charge in [-0.2, -0.15) is 13.2 Å². The van der Waals surface area contributed by atoms with Gasteiger partial charge in [0.05, 0.1) is 13.0 Å². The summed E-state index contributed by atoms with van der Waals surface area (Å²) in [5.41, 5.74) is -0.274. The molecule has 1 rings (SSSR count). The molecule has 0 spiro atoms. The molecule has 0 fully saturated rings. The highest BCUT2D eigenvalue weighted by Crippen LogP contribution is 2.19. The van der Waals surface area contributed by atoms with Gasteiger partial charge >= 0.3 is 12.1 Å². The third kappa shape index (κ3) is 4.16. The van der Waals surface area contributed by atoms with Gasteiger partial charge in [0.1, 0.15) is 0 Å². The molecule has 7 heteroatoms. The summed E-state index contributed by atoms with van der Waals surface area (Å²) >= 11 is 0. The van der Waals surface area contributed by atoms with Crippen molar-refractivity contribution < 1.29 is 27.8 Å². The number of ether oxygens (including phenoxy) is 1. The van der Waals surface area contributed by atoms with E-state index in [1.807, 2.05) is 0 Å². The fourth-order valence-corrected chi connectivity index (χ4v) is 0.886. The molecule has 0 saturated carbocycles. The van der Waals surface area contributed by atoms with Gasteiger partial charge in [0.2, 0.25) is 5.88 Å². The molecule has 88 valence electrons. The largest absolute Gasteiger partial charge is 0.477 e. The van der Waals surface area contributed by atoms with Crippen LogP contribution in [0.3, 0.4) is 0 Å². The van der Waals surface area contributed by atoms with Crippen molar-refractivity contribution in [2.24, 2.45) is 0 Å². The number of pyridine rings is 1. The second-order valence-electron chi connectivity index (χ2n) is 2.88. The number of rotatable bonds is 4. The highest BCUT2D eigenvalue weighted by molar-refractivity contribution is 5.85. The summed E-state index contributed by atoms with van der Waals surface area (Å²) in [7, 11) is 0. The molecule has 0 unspecified atom stereocenters. The molecule has 0 atom stereocenters. The van der Waals surface area contributed by atoms with Crippen LogP contribution in [0.2, 0.25) is 0 Å². The van der Waals surface area contributed by atoms with E-state index in [1.165, 1.54) is 18.2 Å². The van der Waals surface area contributed by atoms with Gasteiger partial charge in [-0.15, -0.1) is 0 Å². The van der Waals surface area contributed by atoms with Crippen molar-refractivity contribution in [3.8, 4) is 5.88 Å². The molecular formula is C9H8F3NO3. The lowest BCUT2D eigenvalue weighted by Crippen LogP contribution is -2.13. The van der Waals surface area contributed by atoms with Crippen LogP contribution in [0.1, 0.15) is 16.9 Å². The van der Waals surface area contributed by atoms with Crippen molar-refractivity contribution in [3.63, 3.8) is 0 Å². The average molecular weight is 235 g/mol. The summed E-state index contributed by atoms with van der Waals surface area (Å²) in [4.78, 5) is 14.0. The van der Waals surface area contributed by atoms with E-state index in [1.54, 1.807) is 0 Å². The van der Waals surface area contributed by atoms with E-state index in [-0.39, 0.29) is 11.6 Å². The van der Waals surface area contributed by atoms with Crippen LogP contribution in [0, 0.1) is 0 Å². The number of carboxylic acid groups (broad SMARTS) is 1. The normalized spacial score (nSPS) is 11.2.